The third kappa shape index (κ3) is 4.77. The Morgan fingerprint density at radius 1 is 1.13 bits per heavy atom. The highest BCUT2D eigenvalue weighted by Gasteiger charge is 2.37. The number of nitrogens with one attached hydrogen (secondary N) is 2. The van der Waals surface area contributed by atoms with Crippen molar-refractivity contribution in [2.45, 2.75) is 26.0 Å². The van der Waals surface area contributed by atoms with Gasteiger partial charge in [-0.25, -0.2) is 9.59 Å². The molecule has 0 aliphatic carbocycles. The molecular formula is C22H23BrN2O6. The minimum absolute atomic E-state index is 0.147. The van der Waals surface area contributed by atoms with E-state index in [1.165, 1.54) is 7.11 Å². The van der Waals surface area contributed by atoms with E-state index in [4.69, 9.17) is 14.2 Å². The lowest BCUT2D eigenvalue weighted by molar-refractivity contribution is -0.143. The number of hydrogen-bond acceptors (Lipinski definition) is 6. The average molecular weight is 491 g/mol. The van der Waals surface area contributed by atoms with Crippen molar-refractivity contribution in [1.82, 2.24) is 10.6 Å². The number of phenolic OH excluding ortho intramolecular Hbond substituents is 1. The van der Waals surface area contributed by atoms with Crippen LogP contribution in [-0.4, -0.2) is 37.4 Å². The molecule has 0 fully saturated rings. The second-order valence-electron chi connectivity index (χ2n) is 7.05. The number of halogens is 1. The number of esters is 1. The maximum atomic E-state index is 13.1. The van der Waals surface area contributed by atoms with Crippen LogP contribution < -0.4 is 20.1 Å². The van der Waals surface area contributed by atoms with Gasteiger partial charge in [0.15, 0.2) is 11.5 Å². The lowest BCUT2D eigenvalue weighted by atomic mass is 9.92. The first-order valence-corrected chi connectivity index (χ1v) is 10.3. The van der Waals surface area contributed by atoms with Crippen molar-refractivity contribution in [3.05, 3.63) is 57.6 Å². The van der Waals surface area contributed by atoms with Crippen LogP contribution in [0, 0.1) is 0 Å². The third-order valence-corrected chi connectivity index (χ3v) is 5.07. The van der Waals surface area contributed by atoms with Crippen LogP contribution in [0.5, 0.6) is 17.2 Å². The Morgan fingerprint density at radius 3 is 2.39 bits per heavy atom. The van der Waals surface area contributed by atoms with Crippen molar-refractivity contribution in [1.29, 1.82) is 0 Å². The topological polar surface area (TPSA) is 106 Å². The second kappa shape index (κ2) is 9.30. The standard InChI is InChI=1S/C22H23BrN2O6/c1-11(2)31-21(27)17-18(12-5-7-14(29-3)8-6-12)24-22(28)25-19(17)15-9-13(23)10-16(30-4)20(15)26/h5-11,19,26H,1-4H3,(H2,24,25,28). The Balaban J connectivity index is 2.24. The van der Waals surface area contributed by atoms with Gasteiger partial charge in [0, 0.05) is 10.0 Å². The zero-order valence-electron chi connectivity index (χ0n) is 17.5. The summed E-state index contributed by atoms with van der Waals surface area (Å²) < 4.78 is 16.5. The molecule has 8 nitrogen and oxygen atoms in total. The maximum Gasteiger partial charge on any atom is 0.338 e. The normalized spacial score (nSPS) is 15.9. The Hall–Kier alpha value is -3.20. The fourth-order valence-corrected chi connectivity index (χ4v) is 3.71. The molecule has 31 heavy (non-hydrogen) atoms. The molecule has 1 aliphatic rings. The van der Waals surface area contributed by atoms with Gasteiger partial charge in [0.2, 0.25) is 0 Å². The molecule has 0 saturated heterocycles. The van der Waals surface area contributed by atoms with Crippen LogP contribution in [-0.2, 0) is 9.53 Å². The van der Waals surface area contributed by atoms with Gasteiger partial charge in [0.25, 0.3) is 0 Å². The van der Waals surface area contributed by atoms with Crippen LogP contribution in [0.2, 0.25) is 0 Å². The predicted molar refractivity (Wildman–Crippen MR) is 118 cm³/mol. The molecule has 0 aromatic heterocycles. The van der Waals surface area contributed by atoms with E-state index in [1.54, 1.807) is 57.4 Å². The fraction of sp³-hybridized carbons (Fsp3) is 0.273. The highest BCUT2D eigenvalue weighted by Crippen LogP contribution is 2.42. The Kier molecular flexibility index (Phi) is 6.74. The van der Waals surface area contributed by atoms with E-state index in [0.717, 1.165) is 0 Å². The van der Waals surface area contributed by atoms with Crippen molar-refractivity contribution in [3.8, 4) is 17.2 Å². The molecule has 2 aromatic rings. The van der Waals surface area contributed by atoms with E-state index < -0.39 is 18.0 Å². The number of urea groups is 1. The number of methoxy groups -OCH3 is 2. The van der Waals surface area contributed by atoms with Gasteiger partial charge >= 0.3 is 12.0 Å². The molecule has 1 heterocycles. The summed E-state index contributed by atoms with van der Waals surface area (Å²) in [6.07, 6.45) is -0.388. The predicted octanol–water partition coefficient (Wildman–Crippen LogP) is 3.89. The van der Waals surface area contributed by atoms with Crippen LogP contribution >= 0.6 is 15.9 Å². The molecule has 1 aliphatic heterocycles. The minimum atomic E-state index is -0.983. The second-order valence-corrected chi connectivity index (χ2v) is 7.96. The number of hydrogen-bond donors (Lipinski definition) is 3. The molecule has 0 saturated carbocycles. The van der Waals surface area contributed by atoms with Crippen molar-refractivity contribution in [3.63, 3.8) is 0 Å². The van der Waals surface area contributed by atoms with Crippen molar-refractivity contribution in [2.75, 3.05) is 14.2 Å². The van der Waals surface area contributed by atoms with Gasteiger partial charge in [-0.2, -0.15) is 0 Å². The molecule has 0 radical (unpaired) electrons. The van der Waals surface area contributed by atoms with Crippen LogP contribution in [0.4, 0.5) is 4.79 Å². The first-order chi connectivity index (χ1) is 14.7. The number of ether oxygens (including phenoxy) is 3. The molecule has 3 N–H and O–H groups in total. The van der Waals surface area contributed by atoms with Gasteiger partial charge in [-0.05, 0) is 55.8 Å². The lowest BCUT2D eigenvalue weighted by Crippen LogP contribution is -2.45. The summed E-state index contributed by atoms with van der Waals surface area (Å²) in [6.45, 7) is 3.46. The van der Waals surface area contributed by atoms with Crippen molar-refractivity contribution < 1.29 is 28.9 Å². The van der Waals surface area contributed by atoms with Crippen molar-refractivity contribution >= 4 is 33.6 Å². The van der Waals surface area contributed by atoms with E-state index in [1.807, 2.05) is 0 Å². The van der Waals surface area contributed by atoms with Crippen molar-refractivity contribution in [2.24, 2.45) is 0 Å². The van der Waals surface area contributed by atoms with E-state index in [9.17, 15) is 14.7 Å². The number of carbonyl (C=O) groups is 2. The molecule has 2 amide bonds. The van der Waals surface area contributed by atoms with E-state index in [2.05, 4.69) is 26.6 Å². The zero-order chi connectivity index (χ0) is 22.7. The molecule has 1 unspecified atom stereocenters. The lowest BCUT2D eigenvalue weighted by Gasteiger charge is -2.30. The number of phenols is 1. The maximum absolute atomic E-state index is 13.1. The zero-order valence-corrected chi connectivity index (χ0v) is 19.1. The summed E-state index contributed by atoms with van der Waals surface area (Å²) in [5.74, 6) is 0.0000537. The van der Waals surface area contributed by atoms with E-state index >= 15 is 0 Å². The summed E-state index contributed by atoms with van der Waals surface area (Å²) in [7, 11) is 2.96. The minimum Gasteiger partial charge on any atom is -0.504 e. The first-order valence-electron chi connectivity index (χ1n) is 9.48. The molecule has 0 bridgehead atoms. The van der Waals surface area contributed by atoms with Gasteiger partial charge in [-0.15, -0.1) is 0 Å². The van der Waals surface area contributed by atoms with Gasteiger partial charge in [-0.3, -0.25) is 0 Å². The highest BCUT2D eigenvalue weighted by atomic mass is 79.9. The molecule has 9 heteroatoms. The quantitative estimate of drug-likeness (QED) is 0.530. The van der Waals surface area contributed by atoms with Gasteiger partial charge in [0.05, 0.1) is 37.6 Å². The van der Waals surface area contributed by atoms with Crippen LogP contribution in [0.15, 0.2) is 46.4 Å². The summed E-state index contributed by atoms with van der Waals surface area (Å²) >= 11 is 3.38. The smallest absolute Gasteiger partial charge is 0.338 e. The molecule has 2 aromatic carbocycles. The number of carbonyl (C=O) groups excluding carboxylic acids is 2. The first kappa shape index (κ1) is 22.5. The van der Waals surface area contributed by atoms with Gasteiger partial charge in [-0.1, -0.05) is 15.9 Å². The molecule has 164 valence electrons. The number of amides is 2. The summed E-state index contributed by atoms with van der Waals surface area (Å²) in [6, 6.07) is 8.57. The SMILES string of the molecule is COc1ccc(C2=C(C(=O)OC(C)C)C(c3cc(Br)cc(OC)c3O)NC(=O)N2)cc1. The van der Waals surface area contributed by atoms with Gasteiger partial charge < -0.3 is 30.0 Å². The molecule has 1 atom stereocenters. The van der Waals surface area contributed by atoms with Gasteiger partial charge in [0.1, 0.15) is 5.75 Å². The van der Waals surface area contributed by atoms with E-state index in [-0.39, 0.29) is 34.4 Å². The highest BCUT2D eigenvalue weighted by molar-refractivity contribution is 9.10. The third-order valence-electron chi connectivity index (χ3n) is 4.61. The van der Waals surface area contributed by atoms with E-state index in [0.29, 0.717) is 15.8 Å². The molecule has 0 spiro atoms. The Labute approximate surface area is 188 Å². The summed E-state index contributed by atoms with van der Waals surface area (Å²) in [5, 5.41) is 16.2. The summed E-state index contributed by atoms with van der Waals surface area (Å²) in [4.78, 5) is 25.7. The van der Waals surface area contributed by atoms with Crippen LogP contribution in [0.25, 0.3) is 5.70 Å². The molecule has 3 rings (SSSR count). The largest absolute Gasteiger partial charge is 0.504 e. The fourth-order valence-electron chi connectivity index (χ4n) is 3.25. The monoisotopic (exact) mass is 490 g/mol. The number of aromatic hydroxyl groups is 1. The Morgan fingerprint density at radius 2 is 1.81 bits per heavy atom. The van der Waals surface area contributed by atoms with Crippen LogP contribution in [0.3, 0.4) is 0 Å². The summed E-state index contributed by atoms with van der Waals surface area (Å²) in [5.41, 5.74) is 1.29. The Bertz CT molecular complexity index is 1030. The molecular weight excluding hydrogens is 468 g/mol. The number of benzene rings is 2. The van der Waals surface area contributed by atoms with Crippen LogP contribution in [0.1, 0.15) is 31.0 Å². The average Bonchev–Trinajstić information content (AvgIpc) is 2.73. The number of rotatable bonds is 6.